The highest BCUT2D eigenvalue weighted by Gasteiger charge is 2.08. The summed E-state index contributed by atoms with van der Waals surface area (Å²) in [7, 11) is 3.24. The number of aromatic nitrogens is 3. The van der Waals surface area contributed by atoms with Crippen LogP contribution in [0.5, 0.6) is 11.5 Å². The van der Waals surface area contributed by atoms with E-state index in [0.29, 0.717) is 29.8 Å². The highest BCUT2D eigenvalue weighted by Crippen LogP contribution is 2.28. The molecule has 0 saturated carbocycles. The quantitative estimate of drug-likeness (QED) is 0.637. The van der Waals surface area contributed by atoms with E-state index in [0.717, 1.165) is 22.4 Å². The molecule has 0 aliphatic carbocycles. The van der Waals surface area contributed by atoms with Gasteiger partial charge in [-0.05, 0) is 49.6 Å². The fraction of sp³-hybridized carbons (Fsp3) is 0.286. The topological polar surface area (TPSA) is 81.2 Å². The molecule has 0 bridgehead atoms. The zero-order valence-electron chi connectivity index (χ0n) is 16.8. The van der Waals surface area contributed by atoms with Gasteiger partial charge < -0.3 is 20.1 Å². The Kier molecular flexibility index (Phi) is 5.93. The van der Waals surface area contributed by atoms with Crippen molar-refractivity contribution >= 4 is 17.5 Å². The number of benzene rings is 2. The van der Waals surface area contributed by atoms with Gasteiger partial charge in [0.1, 0.15) is 0 Å². The Morgan fingerprint density at radius 2 is 1.64 bits per heavy atom. The first-order chi connectivity index (χ1) is 13.5. The third-order valence-corrected chi connectivity index (χ3v) is 4.39. The number of ether oxygens (including phenoxy) is 2. The largest absolute Gasteiger partial charge is 0.493 e. The highest BCUT2D eigenvalue weighted by molar-refractivity contribution is 5.64. The van der Waals surface area contributed by atoms with Gasteiger partial charge in [0.2, 0.25) is 5.95 Å². The van der Waals surface area contributed by atoms with Crippen molar-refractivity contribution in [2.75, 3.05) is 24.9 Å². The zero-order chi connectivity index (χ0) is 20.1. The molecule has 1 heterocycles. The summed E-state index contributed by atoms with van der Waals surface area (Å²) in [5, 5.41) is 14.7. The maximum absolute atomic E-state index is 5.34. The Balaban J connectivity index is 1.72. The van der Waals surface area contributed by atoms with Crippen molar-refractivity contribution in [3.05, 3.63) is 58.8 Å². The molecule has 7 nitrogen and oxygen atoms in total. The molecular formula is C21H25N5O2. The Labute approximate surface area is 165 Å². The van der Waals surface area contributed by atoms with Crippen LogP contribution in [0, 0.1) is 20.8 Å². The number of methoxy groups -OCH3 is 2. The Hall–Kier alpha value is -3.35. The van der Waals surface area contributed by atoms with E-state index in [1.807, 2.05) is 18.2 Å². The van der Waals surface area contributed by atoms with Crippen LogP contribution in [0.1, 0.15) is 22.3 Å². The van der Waals surface area contributed by atoms with E-state index in [1.165, 1.54) is 5.56 Å². The average molecular weight is 379 g/mol. The third-order valence-electron chi connectivity index (χ3n) is 4.39. The summed E-state index contributed by atoms with van der Waals surface area (Å²) < 4.78 is 10.6. The number of hydrogen-bond donors (Lipinski definition) is 2. The van der Waals surface area contributed by atoms with Crippen LogP contribution in [0.3, 0.4) is 0 Å². The fourth-order valence-corrected chi connectivity index (χ4v) is 3.11. The molecule has 2 aromatic carbocycles. The van der Waals surface area contributed by atoms with Gasteiger partial charge in [0.15, 0.2) is 17.3 Å². The number of hydrogen-bond acceptors (Lipinski definition) is 7. The number of aryl methyl sites for hydroxylation is 3. The molecule has 1 aromatic heterocycles. The molecule has 0 spiro atoms. The van der Waals surface area contributed by atoms with Crippen molar-refractivity contribution in [1.82, 2.24) is 15.2 Å². The molecule has 2 N–H and O–H groups in total. The fourth-order valence-electron chi connectivity index (χ4n) is 3.11. The van der Waals surface area contributed by atoms with Gasteiger partial charge in [-0.1, -0.05) is 23.8 Å². The van der Waals surface area contributed by atoms with E-state index in [1.54, 1.807) is 20.4 Å². The van der Waals surface area contributed by atoms with E-state index in [9.17, 15) is 0 Å². The third kappa shape index (κ3) is 4.49. The molecule has 7 heteroatoms. The van der Waals surface area contributed by atoms with Gasteiger partial charge >= 0.3 is 0 Å². The lowest BCUT2D eigenvalue weighted by molar-refractivity contribution is 0.354. The van der Waals surface area contributed by atoms with Crippen LogP contribution in [-0.2, 0) is 6.54 Å². The van der Waals surface area contributed by atoms with E-state index in [2.05, 4.69) is 58.7 Å². The second-order valence-corrected chi connectivity index (χ2v) is 6.61. The lowest BCUT2D eigenvalue weighted by Crippen LogP contribution is -2.07. The molecule has 0 unspecified atom stereocenters. The molecule has 28 heavy (non-hydrogen) atoms. The normalized spacial score (nSPS) is 10.5. The minimum absolute atomic E-state index is 0.451. The molecule has 0 radical (unpaired) electrons. The van der Waals surface area contributed by atoms with Gasteiger partial charge in [0.25, 0.3) is 0 Å². The van der Waals surface area contributed by atoms with Crippen molar-refractivity contribution < 1.29 is 9.47 Å². The standard InChI is InChI=1S/C21H25N5O2/c1-13-8-14(2)20(15(3)9-13)25-21-24-19(12-23-26-21)22-11-16-6-7-17(27-4)18(10-16)28-5/h6-10,12H,11H2,1-5H3,(H2,22,24,25,26). The SMILES string of the molecule is COc1ccc(CNc2cnnc(Nc3c(C)cc(C)cc3C)n2)cc1OC. The molecular weight excluding hydrogens is 354 g/mol. The summed E-state index contributed by atoms with van der Waals surface area (Å²) in [6.07, 6.45) is 1.60. The molecule has 3 aromatic rings. The van der Waals surface area contributed by atoms with Crippen molar-refractivity contribution in [2.24, 2.45) is 0 Å². The maximum Gasteiger partial charge on any atom is 0.249 e. The molecule has 0 amide bonds. The molecule has 146 valence electrons. The summed E-state index contributed by atoms with van der Waals surface area (Å²) in [6.45, 7) is 6.78. The van der Waals surface area contributed by atoms with E-state index < -0.39 is 0 Å². The molecule has 0 aliphatic rings. The molecule has 0 saturated heterocycles. The van der Waals surface area contributed by atoms with Crippen LogP contribution >= 0.6 is 0 Å². The predicted molar refractivity (Wildman–Crippen MR) is 111 cm³/mol. The first-order valence-corrected chi connectivity index (χ1v) is 8.99. The highest BCUT2D eigenvalue weighted by atomic mass is 16.5. The zero-order valence-corrected chi connectivity index (χ0v) is 16.8. The van der Waals surface area contributed by atoms with Gasteiger partial charge in [-0.2, -0.15) is 10.1 Å². The van der Waals surface area contributed by atoms with Gasteiger partial charge in [-0.15, -0.1) is 5.10 Å². The first-order valence-electron chi connectivity index (χ1n) is 8.99. The molecule has 0 fully saturated rings. The van der Waals surface area contributed by atoms with E-state index in [-0.39, 0.29) is 0 Å². The number of anilines is 3. The summed E-state index contributed by atoms with van der Waals surface area (Å²) in [4.78, 5) is 4.51. The van der Waals surface area contributed by atoms with Crippen LogP contribution in [0.15, 0.2) is 36.5 Å². The second kappa shape index (κ2) is 8.56. The molecule has 0 aliphatic heterocycles. The number of nitrogens with zero attached hydrogens (tertiary/aromatic N) is 3. The summed E-state index contributed by atoms with van der Waals surface area (Å²) in [6, 6.07) is 10.0. The lowest BCUT2D eigenvalue weighted by atomic mass is 10.1. The van der Waals surface area contributed by atoms with Crippen LogP contribution in [0.2, 0.25) is 0 Å². The van der Waals surface area contributed by atoms with Gasteiger partial charge in [-0.25, -0.2) is 0 Å². The number of rotatable bonds is 7. The van der Waals surface area contributed by atoms with Gasteiger partial charge in [-0.3, -0.25) is 0 Å². The average Bonchev–Trinajstić information content (AvgIpc) is 2.69. The van der Waals surface area contributed by atoms with Crippen molar-refractivity contribution in [1.29, 1.82) is 0 Å². The minimum Gasteiger partial charge on any atom is -0.493 e. The first kappa shape index (κ1) is 19.4. The van der Waals surface area contributed by atoms with Crippen LogP contribution in [0.25, 0.3) is 0 Å². The molecule has 3 rings (SSSR count). The van der Waals surface area contributed by atoms with Crippen LogP contribution in [-0.4, -0.2) is 29.4 Å². The van der Waals surface area contributed by atoms with Crippen LogP contribution in [0.4, 0.5) is 17.5 Å². The van der Waals surface area contributed by atoms with Gasteiger partial charge in [0.05, 0.1) is 20.4 Å². The predicted octanol–water partition coefficient (Wildman–Crippen LogP) is 4.17. The van der Waals surface area contributed by atoms with Crippen LogP contribution < -0.4 is 20.1 Å². The van der Waals surface area contributed by atoms with Gasteiger partial charge in [0, 0.05) is 12.2 Å². The number of nitrogens with one attached hydrogen (secondary N) is 2. The van der Waals surface area contributed by atoms with Crippen molar-refractivity contribution in [2.45, 2.75) is 27.3 Å². The summed E-state index contributed by atoms with van der Waals surface area (Å²) >= 11 is 0. The smallest absolute Gasteiger partial charge is 0.249 e. The molecule has 0 atom stereocenters. The Bertz CT molecular complexity index is 952. The monoisotopic (exact) mass is 379 g/mol. The Morgan fingerprint density at radius 3 is 2.32 bits per heavy atom. The van der Waals surface area contributed by atoms with Crippen molar-refractivity contribution in [3.8, 4) is 11.5 Å². The second-order valence-electron chi connectivity index (χ2n) is 6.61. The Morgan fingerprint density at radius 1 is 0.929 bits per heavy atom. The lowest BCUT2D eigenvalue weighted by Gasteiger charge is -2.13. The van der Waals surface area contributed by atoms with E-state index in [4.69, 9.17) is 9.47 Å². The maximum atomic E-state index is 5.34. The summed E-state index contributed by atoms with van der Waals surface area (Å²) in [5.41, 5.74) is 5.56. The minimum atomic E-state index is 0.451. The summed E-state index contributed by atoms with van der Waals surface area (Å²) in [5.74, 6) is 2.47. The van der Waals surface area contributed by atoms with Crippen molar-refractivity contribution in [3.63, 3.8) is 0 Å². The van der Waals surface area contributed by atoms with E-state index >= 15 is 0 Å².